The highest BCUT2D eigenvalue weighted by atomic mass is 15.2. The molecule has 246 valence electrons. The molecule has 3 aliphatic rings. The summed E-state index contributed by atoms with van der Waals surface area (Å²) in [6.45, 7) is 14.7. The summed E-state index contributed by atoms with van der Waals surface area (Å²) in [4.78, 5) is 5.02. The Balaban J connectivity index is 1.37. The molecule has 2 heterocycles. The molecule has 6 aromatic carbocycles. The summed E-state index contributed by atoms with van der Waals surface area (Å²) in [5, 5.41) is 0. The Labute approximate surface area is 298 Å². The third-order valence-corrected chi connectivity index (χ3v) is 12.2. The van der Waals surface area contributed by atoms with Crippen LogP contribution >= 0.6 is 0 Å². The number of benzene rings is 6. The van der Waals surface area contributed by atoms with Gasteiger partial charge in [0.15, 0.2) is 0 Å². The summed E-state index contributed by atoms with van der Waals surface area (Å²) in [6.07, 6.45) is 2.40. The molecule has 0 spiro atoms. The lowest BCUT2D eigenvalue weighted by molar-refractivity contribution is 0.332. The van der Waals surface area contributed by atoms with Crippen molar-refractivity contribution < 1.29 is 0 Å². The zero-order chi connectivity index (χ0) is 34.4. The van der Waals surface area contributed by atoms with Crippen LogP contribution in [0.25, 0.3) is 0 Å². The predicted octanol–water partition coefficient (Wildman–Crippen LogP) is 10.4. The van der Waals surface area contributed by atoms with Gasteiger partial charge >= 0.3 is 0 Å². The van der Waals surface area contributed by atoms with E-state index in [4.69, 9.17) is 0 Å². The van der Waals surface area contributed by atoms with Crippen molar-refractivity contribution in [2.45, 2.75) is 70.6 Å². The Kier molecular flexibility index (Phi) is 6.82. The van der Waals surface area contributed by atoms with Crippen molar-refractivity contribution in [1.82, 2.24) is 0 Å². The van der Waals surface area contributed by atoms with E-state index in [-0.39, 0.29) is 23.0 Å². The topological polar surface area (TPSA) is 6.48 Å². The smallest absolute Gasteiger partial charge is 0.247 e. The Morgan fingerprint density at radius 2 is 1.06 bits per heavy atom. The van der Waals surface area contributed by atoms with Gasteiger partial charge in [-0.1, -0.05) is 132 Å². The van der Waals surface area contributed by atoms with Gasteiger partial charge in [0, 0.05) is 39.5 Å². The maximum Gasteiger partial charge on any atom is 0.247 e. The average molecular weight is 649 g/mol. The largest absolute Gasteiger partial charge is 0.311 e. The summed E-state index contributed by atoms with van der Waals surface area (Å²) in [7, 11) is 0. The lowest BCUT2D eigenvalue weighted by Crippen LogP contribution is -2.64. The van der Waals surface area contributed by atoms with Crippen LogP contribution in [0.15, 0.2) is 140 Å². The van der Waals surface area contributed by atoms with Crippen molar-refractivity contribution in [3.63, 3.8) is 0 Å². The number of anilines is 6. The molecule has 0 N–H and O–H groups in total. The fraction of sp³-hybridized carbons (Fsp3) is 0.234. The Morgan fingerprint density at radius 3 is 1.74 bits per heavy atom. The molecule has 2 aliphatic heterocycles. The molecule has 0 amide bonds. The fourth-order valence-electron chi connectivity index (χ4n) is 9.36. The van der Waals surface area contributed by atoms with Crippen molar-refractivity contribution >= 4 is 57.2 Å². The number of nitrogens with zero attached hydrogens (tertiary/aromatic N) is 2. The van der Waals surface area contributed by atoms with E-state index < -0.39 is 0 Å². The van der Waals surface area contributed by atoms with Gasteiger partial charge in [-0.15, -0.1) is 0 Å². The normalized spacial score (nSPS) is 17.2. The number of rotatable bonds is 4. The summed E-state index contributed by atoms with van der Waals surface area (Å²) in [5.41, 5.74) is 17.3. The molecule has 1 aliphatic carbocycles. The molecule has 0 bridgehead atoms. The molecule has 50 heavy (non-hydrogen) atoms. The number of fused-ring (bicyclic) bond motifs is 5. The first-order valence-electron chi connectivity index (χ1n) is 18.3. The first-order chi connectivity index (χ1) is 24.1. The van der Waals surface area contributed by atoms with Gasteiger partial charge in [-0.25, -0.2) is 0 Å². The lowest BCUT2D eigenvalue weighted by atomic mass is 9.30. The lowest BCUT2D eigenvalue weighted by Gasteiger charge is -2.47. The van der Waals surface area contributed by atoms with Crippen molar-refractivity contribution in [2.24, 2.45) is 0 Å². The molecular formula is C47H45BN2. The minimum absolute atomic E-state index is 0.109. The summed E-state index contributed by atoms with van der Waals surface area (Å²) < 4.78 is 0. The van der Waals surface area contributed by atoms with Gasteiger partial charge in [-0.3, -0.25) is 0 Å². The minimum atomic E-state index is -0.202. The number of hydrogen-bond donors (Lipinski definition) is 0. The molecule has 0 atom stereocenters. The van der Waals surface area contributed by atoms with Gasteiger partial charge in [0.1, 0.15) is 0 Å². The van der Waals surface area contributed by atoms with Crippen LogP contribution in [0.5, 0.6) is 0 Å². The molecule has 9 rings (SSSR count). The maximum atomic E-state index is 2.59. The Hall–Kier alpha value is -5.02. The van der Waals surface area contributed by atoms with Crippen molar-refractivity contribution in [1.29, 1.82) is 0 Å². The van der Waals surface area contributed by atoms with Crippen LogP contribution in [0.2, 0.25) is 0 Å². The van der Waals surface area contributed by atoms with Crippen LogP contribution in [-0.4, -0.2) is 6.71 Å². The average Bonchev–Trinajstić information content (AvgIpc) is 3.13. The van der Waals surface area contributed by atoms with E-state index in [2.05, 4.69) is 191 Å². The molecule has 0 aromatic heterocycles. The third-order valence-electron chi connectivity index (χ3n) is 12.2. The van der Waals surface area contributed by atoms with E-state index in [0.717, 1.165) is 11.4 Å². The second-order valence-electron chi connectivity index (χ2n) is 16.5. The summed E-state index contributed by atoms with van der Waals surface area (Å²) in [5.74, 6) is 0. The molecule has 0 fully saturated rings. The van der Waals surface area contributed by atoms with Crippen LogP contribution in [0.3, 0.4) is 0 Å². The number of hydrogen-bond acceptors (Lipinski definition) is 2. The van der Waals surface area contributed by atoms with Gasteiger partial charge in [-0.2, -0.15) is 0 Å². The van der Waals surface area contributed by atoms with Gasteiger partial charge in [0.05, 0.1) is 0 Å². The van der Waals surface area contributed by atoms with Gasteiger partial charge in [0.2, 0.25) is 6.71 Å². The van der Waals surface area contributed by atoms with E-state index in [1.54, 1.807) is 0 Å². The Bertz CT molecular complexity index is 2230. The van der Waals surface area contributed by atoms with E-state index in [9.17, 15) is 0 Å². The Morgan fingerprint density at radius 1 is 0.480 bits per heavy atom. The van der Waals surface area contributed by atoms with E-state index in [1.165, 1.54) is 74.2 Å². The first-order valence-corrected chi connectivity index (χ1v) is 18.3. The highest BCUT2D eigenvalue weighted by molar-refractivity contribution is 6.99. The van der Waals surface area contributed by atoms with Crippen LogP contribution in [0, 0.1) is 0 Å². The molecule has 0 saturated heterocycles. The summed E-state index contributed by atoms with van der Waals surface area (Å²) in [6, 6.07) is 52.3. The quantitative estimate of drug-likeness (QED) is 0.175. The molecule has 0 saturated carbocycles. The third kappa shape index (κ3) is 4.55. The van der Waals surface area contributed by atoms with Crippen LogP contribution < -0.4 is 26.2 Å². The van der Waals surface area contributed by atoms with Gasteiger partial charge < -0.3 is 9.80 Å². The van der Waals surface area contributed by atoms with Crippen LogP contribution in [0.4, 0.5) is 34.1 Å². The fourth-order valence-corrected chi connectivity index (χ4v) is 9.36. The number of para-hydroxylation sites is 3. The molecular weight excluding hydrogens is 603 g/mol. The molecule has 6 aromatic rings. The summed E-state index contributed by atoms with van der Waals surface area (Å²) >= 11 is 0. The van der Waals surface area contributed by atoms with Crippen molar-refractivity contribution in [3.05, 3.63) is 162 Å². The van der Waals surface area contributed by atoms with E-state index >= 15 is 0 Å². The highest BCUT2D eigenvalue weighted by Gasteiger charge is 2.47. The minimum Gasteiger partial charge on any atom is -0.311 e. The van der Waals surface area contributed by atoms with Gasteiger partial charge in [-0.05, 0) is 111 Å². The molecule has 0 radical (unpaired) electrons. The maximum absolute atomic E-state index is 2.59. The van der Waals surface area contributed by atoms with Crippen LogP contribution in [0.1, 0.15) is 76.6 Å². The van der Waals surface area contributed by atoms with Crippen LogP contribution in [-0.2, 0) is 16.2 Å². The standard InChI is InChI=1S/C47H45BN2/c1-45(2)27-28-46(3,4)38-29-34(25-26-36(38)45)50-42-24-16-15-23-41(42)48-40-22-14-13-21-37(40)47(5,6)39-30-35(31-43(50)44(39)48)49(32-17-9-7-10-18-32)33-19-11-8-12-20-33/h7-26,29-31H,27-28H2,1-6H3. The highest BCUT2D eigenvalue weighted by Crippen LogP contribution is 2.50. The van der Waals surface area contributed by atoms with E-state index in [0.29, 0.717) is 0 Å². The SMILES string of the molecule is CC1(C)CCC(C)(C)c2cc(N3c4ccccc4B4c5ccccc5C(C)(C)c5cc(N(c6ccccc6)c6ccccc6)cc3c54)ccc21. The second kappa shape index (κ2) is 11.0. The van der Waals surface area contributed by atoms with Crippen molar-refractivity contribution in [2.75, 3.05) is 9.80 Å². The zero-order valence-electron chi connectivity index (χ0n) is 30.2. The van der Waals surface area contributed by atoms with Crippen molar-refractivity contribution in [3.8, 4) is 0 Å². The predicted molar refractivity (Wildman–Crippen MR) is 214 cm³/mol. The monoisotopic (exact) mass is 648 g/mol. The molecule has 3 heteroatoms. The van der Waals surface area contributed by atoms with E-state index in [1.807, 2.05) is 0 Å². The van der Waals surface area contributed by atoms with Gasteiger partial charge in [0.25, 0.3) is 0 Å². The zero-order valence-corrected chi connectivity index (χ0v) is 30.2. The molecule has 2 nitrogen and oxygen atoms in total. The second-order valence-corrected chi connectivity index (χ2v) is 16.5. The first kappa shape index (κ1) is 31.0. The molecule has 0 unspecified atom stereocenters.